The smallest absolute Gasteiger partial charge is 0.313 e. The van der Waals surface area contributed by atoms with E-state index in [9.17, 15) is 14.4 Å². The number of aliphatic hydroxyl groups is 1. The number of carbonyl (C=O) groups excluding carboxylic acids is 3. The van der Waals surface area contributed by atoms with Crippen molar-refractivity contribution in [3.8, 4) is 0 Å². The third-order valence-corrected chi connectivity index (χ3v) is 5.82. The van der Waals surface area contributed by atoms with Crippen LogP contribution in [0, 0.1) is 6.92 Å². The second-order valence-corrected chi connectivity index (χ2v) is 8.10. The molecule has 1 unspecified atom stereocenters. The van der Waals surface area contributed by atoms with Gasteiger partial charge in [-0.1, -0.05) is 29.8 Å². The molecule has 8 heteroatoms. The van der Waals surface area contributed by atoms with Crippen LogP contribution < -0.4 is 15.5 Å². The van der Waals surface area contributed by atoms with Crippen molar-refractivity contribution in [1.29, 1.82) is 0 Å². The van der Waals surface area contributed by atoms with Crippen molar-refractivity contribution in [1.82, 2.24) is 5.32 Å². The minimum absolute atomic E-state index is 0.0990. The van der Waals surface area contributed by atoms with E-state index in [1.807, 2.05) is 48.2 Å². The Labute approximate surface area is 186 Å². The maximum Gasteiger partial charge on any atom is 0.313 e. The molecule has 2 aromatic carbocycles. The minimum Gasteiger partial charge on any atom is -0.394 e. The van der Waals surface area contributed by atoms with E-state index in [0.29, 0.717) is 25.1 Å². The van der Waals surface area contributed by atoms with Crippen LogP contribution in [0.1, 0.15) is 34.8 Å². The predicted molar refractivity (Wildman–Crippen MR) is 119 cm³/mol. The number of nitrogens with zero attached hydrogens (tertiary/aromatic N) is 1. The van der Waals surface area contributed by atoms with E-state index in [2.05, 4.69) is 10.6 Å². The molecule has 8 nitrogen and oxygen atoms in total. The largest absolute Gasteiger partial charge is 0.394 e. The third kappa shape index (κ3) is 4.66. The summed E-state index contributed by atoms with van der Waals surface area (Å²) >= 11 is 0. The van der Waals surface area contributed by atoms with Crippen LogP contribution in [-0.4, -0.2) is 49.1 Å². The fourth-order valence-electron chi connectivity index (χ4n) is 4.23. The van der Waals surface area contributed by atoms with Crippen molar-refractivity contribution >= 4 is 29.1 Å². The number of rotatable bonds is 7. The Hall–Kier alpha value is -3.23. The summed E-state index contributed by atoms with van der Waals surface area (Å²) < 4.78 is 5.64. The number of amides is 3. The lowest BCUT2D eigenvalue weighted by Gasteiger charge is -2.25. The van der Waals surface area contributed by atoms with E-state index in [4.69, 9.17) is 9.84 Å². The monoisotopic (exact) mass is 437 g/mol. The quantitative estimate of drug-likeness (QED) is 0.571. The molecule has 4 rings (SSSR count). The van der Waals surface area contributed by atoms with E-state index in [-0.39, 0.29) is 25.7 Å². The second kappa shape index (κ2) is 9.50. The van der Waals surface area contributed by atoms with Crippen LogP contribution in [-0.2, 0) is 32.0 Å². The van der Waals surface area contributed by atoms with Gasteiger partial charge in [-0.3, -0.25) is 14.4 Å². The number of anilines is 2. The predicted octanol–water partition coefficient (Wildman–Crippen LogP) is 1.64. The molecule has 1 atom stereocenters. The summed E-state index contributed by atoms with van der Waals surface area (Å²) in [7, 11) is 0. The molecule has 0 aliphatic carbocycles. The highest BCUT2D eigenvalue weighted by Crippen LogP contribution is 2.38. The van der Waals surface area contributed by atoms with E-state index in [1.54, 1.807) is 0 Å². The van der Waals surface area contributed by atoms with Crippen molar-refractivity contribution in [2.45, 2.75) is 32.3 Å². The SMILES string of the molecule is Cc1ccc(C(CNC(=O)C(=O)Nc2cc3c4c(c2)CCN4C(=O)CC3)OCCO)cc1. The number of aliphatic hydroxyl groups excluding tert-OH is 1. The van der Waals surface area contributed by atoms with Crippen LogP contribution in [0.4, 0.5) is 11.4 Å². The van der Waals surface area contributed by atoms with Gasteiger partial charge in [0.05, 0.1) is 25.0 Å². The Morgan fingerprint density at radius 1 is 1.09 bits per heavy atom. The zero-order chi connectivity index (χ0) is 22.7. The molecule has 0 bridgehead atoms. The van der Waals surface area contributed by atoms with Crippen LogP contribution in [0.25, 0.3) is 0 Å². The first-order valence-corrected chi connectivity index (χ1v) is 10.8. The van der Waals surface area contributed by atoms with Crippen LogP contribution in [0.2, 0.25) is 0 Å². The summed E-state index contributed by atoms with van der Waals surface area (Å²) in [4.78, 5) is 38.8. The number of hydrogen-bond donors (Lipinski definition) is 3. The molecule has 0 saturated heterocycles. The summed E-state index contributed by atoms with van der Waals surface area (Å²) in [6.45, 7) is 2.72. The number of ether oxygens (including phenoxy) is 1. The average Bonchev–Trinajstić information content (AvgIpc) is 3.22. The molecule has 0 aromatic heterocycles. The highest BCUT2D eigenvalue weighted by Gasteiger charge is 2.31. The molecule has 0 fully saturated rings. The van der Waals surface area contributed by atoms with E-state index < -0.39 is 17.9 Å². The topological polar surface area (TPSA) is 108 Å². The van der Waals surface area contributed by atoms with Gasteiger partial charge in [-0.15, -0.1) is 0 Å². The molecule has 0 spiro atoms. The maximum atomic E-state index is 12.5. The zero-order valence-corrected chi connectivity index (χ0v) is 18.0. The third-order valence-electron chi connectivity index (χ3n) is 5.82. The van der Waals surface area contributed by atoms with Gasteiger partial charge in [0.1, 0.15) is 0 Å². The van der Waals surface area contributed by atoms with Gasteiger partial charge in [0.2, 0.25) is 5.91 Å². The molecule has 3 amide bonds. The molecule has 0 saturated carbocycles. The molecule has 2 aliphatic heterocycles. The van der Waals surface area contributed by atoms with Crippen molar-refractivity contribution in [2.24, 2.45) is 0 Å². The van der Waals surface area contributed by atoms with Gasteiger partial charge >= 0.3 is 11.8 Å². The van der Waals surface area contributed by atoms with Crippen LogP contribution in [0.3, 0.4) is 0 Å². The van der Waals surface area contributed by atoms with Crippen molar-refractivity contribution in [2.75, 3.05) is 36.5 Å². The zero-order valence-electron chi connectivity index (χ0n) is 18.0. The standard InChI is InChI=1S/C24H27N3O5/c1-15-2-4-16(5-3-15)20(32-11-10-28)14-25-23(30)24(31)26-19-12-17-6-7-21(29)27-9-8-18(13-19)22(17)27/h2-5,12-13,20,28H,6-11,14H2,1H3,(H,25,30)(H,26,31). The molecule has 2 heterocycles. The van der Waals surface area contributed by atoms with Gasteiger partial charge in [-0.05, 0) is 48.6 Å². The molecular weight excluding hydrogens is 410 g/mol. The van der Waals surface area contributed by atoms with Crippen LogP contribution >= 0.6 is 0 Å². The van der Waals surface area contributed by atoms with Gasteiger partial charge < -0.3 is 25.4 Å². The Balaban J connectivity index is 1.39. The minimum atomic E-state index is -0.763. The van der Waals surface area contributed by atoms with Gasteiger partial charge in [0, 0.05) is 25.2 Å². The molecule has 32 heavy (non-hydrogen) atoms. The molecule has 168 valence electrons. The average molecular weight is 437 g/mol. The summed E-state index contributed by atoms with van der Waals surface area (Å²) in [5.74, 6) is -1.39. The fraction of sp³-hybridized carbons (Fsp3) is 0.375. The lowest BCUT2D eigenvalue weighted by Crippen LogP contribution is -2.38. The number of hydrogen-bond acceptors (Lipinski definition) is 5. The number of benzene rings is 2. The molecule has 0 radical (unpaired) electrons. The first-order chi connectivity index (χ1) is 15.5. The lowest BCUT2D eigenvalue weighted by molar-refractivity contribution is -0.136. The molecule has 2 aromatic rings. The van der Waals surface area contributed by atoms with Crippen LogP contribution in [0.5, 0.6) is 0 Å². The number of nitrogens with one attached hydrogen (secondary N) is 2. The highest BCUT2D eigenvalue weighted by molar-refractivity contribution is 6.39. The lowest BCUT2D eigenvalue weighted by atomic mass is 9.98. The van der Waals surface area contributed by atoms with Crippen molar-refractivity contribution in [3.05, 3.63) is 58.7 Å². The Kier molecular flexibility index (Phi) is 6.53. The Morgan fingerprint density at radius 3 is 2.53 bits per heavy atom. The van der Waals surface area contributed by atoms with Gasteiger partial charge in [-0.25, -0.2) is 0 Å². The Morgan fingerprint density at radius 2 is 1.81 bits per heavy atom. The summed E-state index contributed by atoms with van der Waals surface area (Å²) in [6, 6.07) is 11.3. The van der Waals surface area contributed by atoms with Gasteiger partial charge in [0.25, 0.3) is 0 Å². The van der Waals surface area contributed by atoms with E-state index in [1.165, 1.54) is 0 Å². The van der Waals surface area contributed by atoms with Crippen LogP contribution in [0.15, 0.2) is 36.4 Å². The van der Waals surface area contributed by atoms with Crippen molar-refractivity contribution < 1.29 is 24.2 Å². The van der Waals surface area contributed by atoms with Crippen molar-refractivity contribution in [3.63, 3.8) is 0 Å². The Bertz CT molecular complexity index is 1030. The first-order valence-electron chi connectivity index (χ1n) is 10.8. The normalized spacial score (nSPS) is 15.3. The summed E-state index contributed by atoms with van der Waals surface area (Å²) in [5.41, 5.74) is 5.50. The molecule has 3 N–H and O–H groups in total. The van der Waals surface area contributed by atoms with E-state index in [0.717, 1.165) is 34.4 Å². The highest BCUT2D eigenvalue weighted by atomic mass is 16.5. The number of aryl methyl sites for hydroxylation is 2. The second-order valence-electron chi connectivity index (χ2n) is 8.10. The number of carbonyl (C=O) groups is 3. The fourth-order valence-corrected chi connectivity index (χ4v) is 4.23. The van der Waals surface area contributed by atoms with E-state index >= 15 is 0 Å². The molecule has 2 aliphatic rings. The summed E-state index contributed by atoms with van der Waals surface area (Å²) in [6.07, 6.45) is 1.35. The van der Waals surface area contributed by atoms with Gasteiger partial charge in [-0.2, -0.15) is 0 Å². The maximum absolute atomic E-state index is 12.5. The molecular formula is C24H27N3O5. The van der Waals surface area contributed by atoms with Gasteiger partial charge in [0.15, 0.2) is 0 Å². The summed E-state index contributed by atoms with van der Waals surface area (Å²) in [5, 5.41) is 14.4. The first kappa shape index (κ1) is 22.0.